The van der Waals surface area contributed by atoms with Gasteiger partial charge in [0.2, 0.25) is 0 Å². The predicted molar refractivity (Wildman–Crippen MR) is 82.3 cm³/mol. The highest BCUT2D eigenvalue weighted by atomic mass is 32.2. The third-order valence-corrected chi connectivity index (χ3v) is 3.65. The van der Waals surface area contributed by atoms with E-state index in [1.54, 1.807) is 11.8 Å². The predicted octanol–water partition coefficient (Wildman–Crippen LogP) is 2.56. The molecule has 1 aromatic carbocycles. The summed E-state index contributed by atoms with van der Waals surface area (Å²) in [6.45, 7) is 1.98. The fraction of sp³-hybridized carbons (Fsp3) is 0.357. The van der Waals surface area contributed by atoms with Gasteiger partial charge in [0, 0.05) is 5.39 Å². The number of carboxylic acid groups (broad SMARTS) is 1. The highest BCUT2D eigenvalue weighted by Crippen LogP contribution is 2.21. The van der Waals surface area contributed by atoms with Crippen LogP contribution in [0.15, 0.2) is 24.5 Å². The molecule has 0 spiro atoms. The molecule has 0 amide bonds. The van der Waals surface area contributed by atoms with Crippen LogP contribution in [0.5, 0.6) is 0 Å². The van der Waals surface area contributed by atoms with Gasteiger partial charge in [0.05, 0.1) is 5.52 Å². The average Bonchev–Trinajstić information content (AvgIpc) is 2.43. The number of hydrogen-bond donors (Lipinski definition) is 2. The van der Waals surface area contributed by atoms with Crippen molar-refractivity contribution >= 4 is 34.5 Å². The number of anilines is 1. The van der Waals surface area contributed by atoms with Gasteiger partial charge in [-0.15, -0.1) is 0 Å². The SMILES string of the molecule is CSCC[C@@H](Nc1ncnc2ccc(C)cc12)C(=O)O. The van der Waals surface area contributed by atoms with E-state index in [9.17, 15) is 9.90 Å². The highest BCUT2D eigenvalue weighted by Gasteiger charge is 2.18. The molecular formula is C14H17N3O2S. The summed E-state index contributed by atoms with van der Waals surface area (Å²) in [7, 11) is 0. The van der Waals surface area contributed by atoms with E-state index in [0.717, 1.165) is 22.2 Å². The van der Waals surface area contributed by atoms with Gasteiger partial charge < -0.3 is 10.4 Å². The van der Waals surface area contributed by atoms with Gasteiger partial charge in [-0.2, -0.15) is 11.8 Å². The van der Waals surface area contributed by atoms with Crippen molar-refractivity contribution < 1.29 is 9.90 Å². The Morgan fingerprint density at radius 2 is 2.25 bits per heavy atom. The van der Waals surface area contributed by atoms with Crippen LogP contribution in [0.4, 0.5) is 5.82 Å². The van der Waals surface area contributed by atoms with Crippen LogP contribution in [0.3, 0.4) is 0 Å². The van der Waals surface area contributed by atoms with Crippen LogP contribution >= 0.6 is 11.8 Å². The van der Waals surface area contributed by atoms with Gasteiger partial charge in [-0.3, -0.25) is 0 Å². The molecule has 0 radical (unpaired) electrons. The van der Waals surface area contributed by atoms with E-state index in [1.165, 1.54) is 6.33 Å². The molecular weight excluding hydrogens is 274 g/mol. The molecule has 0 unspecified atom stereocenters. The van der Waals surface area contributed by atoms with Crippen molar-refractivity contribution in [3.05, 3.63) is 30.1 Å². The Morgan fingerprint density at radius 1 is 1.45 bits per heavy atom. The first-order valence-corrected chi connectivity index (χ1v) is 7.71. The van der Waals surface area contributed by atoms with E-state index in [2.05, 4.69) is 15.3 Å². The van der Waals surface area contributed by atoms with Crippen molar-refractivity contribution in [2.75, 3.05) is 17.3 Å². The zero-order chi connectivity index (χ0) is 14.5. The maximum atomic E-state index is 11.3. The van der Waals surface area contributed by atoms with Gasteiger partial charge in [-0.05, 0) is 37.5 Å². The highest BCUT2D eigenvalue weighted by molar-refractivity contribution is 7.98. The molecule has 20 heavy (non-hydrogen) atoms. The molecule has 6 heteroatoms. The van der Waals surface area contributed by atoms with E-state index >= 15 is 0 Å². The zero-order valence-electron chi connectivity index (χ0n) is 11.5. The summed E-state index contributed by atoms with van der Waals surface area (Å²) in [5, 5.41) is 13.1. The fourth-order valence-corrected chi connectivity index (χ4v) is 2.42. The second kappa shape index (κ2) is 6.56. The Kier molecular flexibility index (Phi) is 4.79. The first kappa shape index (κ1) is 14.6. The number of benzene rings is 1. The van der Waals surface area contributed by atoms with Crippen molar-refractivity contribution in [1.82, 2.24) is 9.97 Å². The summed E-state index contributed by atoms with van der Waals surface area (Å²) in [5.41, 5.74) is 1.90. The molecule has 2 N–H and O–H groups in total. The van der Waals surface area contributed by atoms with Crippen molar-refractivity contribution in [1.29, 1.82) is 0 Å². The van der Waals surface area contributed by atoms with Gasteiger partial charge in [0.1, 0.15) is 18.2 Å². The number of aromatic nitrogens is 2. The first-order chi connectivity index (χ1) is 9.61. The lowest BCUT2D eigenvalue weighted by atomic mass is 10.1. The lowest BCUT2D eigenvalue weighted by Crippen LogP contribution is -2.30. The molecule has 1 atom stereocenters. The van der Waals surface area contributed by atoms with Gasteiger partial charge in [0.15, 0.2) is 0 Å². The third-order valence-electron chi connectivity index (χ3n) is 3.01. The summed E-state index contributed by atoms with van der Waals surface area (Å²) >= 11 is 1.63. The molecule has 2 rings (SSSR count). The maximum Gasteiger partial charge on any atom is 0.326 e. The number of carboxylic acids is 1. The van der Waals surface area contributed by atoms with Gasteiger partial charge in [-0.25, -0.2) is 14.8 Å². The zero-order valence-corrected chi connectivity index (χ0v) is 12.3. The lowest BCUT2D eigenvalue weighted by Gasteiger charge is -2.15. The summed E-state index contributed by atoms with van der Waals surface area (Å²) in [5.74, 6) is 0.497. The smallest absolute Gasteiger partial charge is 0.326 e. The number of nitrogens with one attached hydrogen (secondary N) is 1. The second-order valence-electron chi connectivity index (χ2n) is 4.56. The number of aryl methyl sites for hydroxylation is 1. The van der Waals surface area contributed by atoms with Crippen molar-refractivity contribution in [3.63, 3.8) is 0 Å². The average molecular weight is 291 g/mol. The number of aliphatic carboxylic acids is 1. The van der Waals surface area contributed by atoms with Gasteiger partial charge in [0.25, 0.3) is 0 Å². The van der Waals surface area contributed by atoms with Crippen molar-refractivity contribution in [3.8, 4) is 0 Å². The van der Waals surface area contributed by atoms with E-state index < -0.39 is 12.0 Å². The number of carbonyl (C=O) groups is 1. The minimum absolute atomic E-state index is 0.549. The summed E-state index contributed by atoms with van der Waals surface area (Å²) in [4.78, 5) is 19.7. The molecule has 106 valence electrons. The summed E-state index contributed by atoms with van der Waals surface area (Å²) in [6.07, 6.45) is 3.96. The Balaban J connectivity index is 2.31. The number of nitrogens with zero attached hydrogens (tertiary/aromatic N) is 2. The van der Waals surface area contributed by atoms with E-state index in [1.807, 2.05) is 31.4 Å². The topological polar surface area (TPSA) is 75.1 Å². The molecule has 0 aliphatic rings. The molecule has 0 saturated heterocycles. The van der Waals surface area contributed by atoms with Crippen LogP contribution in [0.2, 0.25) is 0 Å². The normalized spacial score (nSPS) is 12.3. The maximum absolute atomic E-state index is 11.3. The summed E-state index contributed by atoms with van der Waals surface area (Å²) < 4.78 is 0. The molecule has 5 nitrogen and oxygen atoms in total. The number of thioether (sulfide) groups is 1. The van der Waals surface area contributed by atoms with E-state index in [4.69, 9.17) is 0 Å². The molecule has 0 saturated carbocycles. The summed E-state index contributed by atoms with van der Waals surface area (Å²) in [6, 6.07) is 5.21. The second-order valence-corrected chi connectivity index (χ2v) is 5.55. The van der Waals surface area contributed by atoms with E-state index in [-0.39, 0.29) is 0 Å². The van der Waals surface area contributed by atoms with Gasteiger partial charge in [-0.1, -0.05) is 11.6 Å². The minimum Gasteiger partial charge on any atom is -0.480 e. The van der Waals surface area contributed by atoms with Crippen molar-refractivity contribution in [2.45, 2.75) is 19.4 Å². The monoisotopic (exact) mass is 291 g/mol. The Labute approximate surface area is 121 Å². The van der Waals surface area contributed by atoms with Crippen LogP contribution in [0, 0.1) is 6.92 Å². The Morgan fingerprint density at radius 3 is 2.95 bits per heavy atom. The van der Waals surface area contributed by atoms with Crippen LogP contribution in [0.25, 0.3) is 10.9 Å². The Bertz CT molecular complexity index is 618. The van der Waals surface area contributed by atoms with E-state index in [0.29, 0.717) is 12.2 Å². The van der Waals surface area contributed by atoms with Gasteiger partial charge >= 0.3 is 5.97 Å². The largest absolute Gasteiger partial charge is 0.480 e. The quantitative estimate of drug-likeness (QED) is 0.852. The van der Waals surface area contributed by atoms with Crippen LogP contribution < -0.4 is 5.32 Å². The molecule has 0 aliphatic carbocycles. The van der Waals surface area contributed by atoms with Crippen molar-refractivity contribution in [2.24, 2.45) is 0 Å². The lowest BCUT2D eigenvalue weighted by molar-refractivity contribution is -0.137. The molecule has 0 fully saturated rings. The minimum atomic E-state index is -0.863. The fourth-order valence-electron chi connectivity index (χ4n) is 1.94. The van der Waals surface area contributed by atoms with Crippen LogP contribution in [-0.2, 0) is 4.79 Å². The Hall–Kier alpha value is -1.82. The number of hydrogen-bond acceptors (Lipinski definition) is 5. The van der Waals surface area contributed by atoms with Crippen LogP contribution in [0.1, 0.15) is 12.0 Å². The standard InChI is InChI=1S/C14H17N3O2S/c1-9-3-4-11-10(7-9)13(16-8-15-11)17-12(14(18)19)5-6-20-2/h3-4,7-8,12H,5-6H2,1-2H3,(H,18,19)(H,15,16,17)/t12-/m1/s1. The third kappa shape index (κ3) is 3.39. The van der Waals surface area contributed by atoms with Crippen LogP contribution in [-0.4, -0.2) is 39.1 Å². The molecule has 0 aliphatic heterocycles. The first-order valence-electron chi connectivity index (χ1n) is 6.31. The number of rotatable bonds is 6. The molecule has 0 bridgehead atoms. The molecule has 1 heterocycles. The molecule has 1 aromatic heterocycles. The number of fused-ring (bicyclic) bond motifs is 1. The molecule has 2 aromatic rings.